The number of epoxide rings is 1. The lowest BCUT2D eigenvalue weighted by molar-refractivity contribution is -0.140. The molecule has 1 aliphatic heterocycles. The Balaban J connectivity index is 3.36. The zero-order valence-electron chi connectivity index (χ0n) is 21.9. The molecule has 192 valence electrons. The van der Waals surface area contributed by atoms with Crippen LogP contribution in [0.25, 0.3) is 0 Å². The maximum absolute atomic E-state index is 13.5. The Morgan fingerprint density at radius 2 is 1.73 bits per heavy atom. The van der Waals surface area contributed by atoms with Crippen molar-refractivity contribution in [2.45, 2.75) is 103 Å². The van der Waals surface area contributed by atoms with Gasteiger partial charge in [0.05, 0.1) is 43.4 Å². The molecule has 0 unspecified atom stereocenters. The molecule has 33 heavy (non-hydrogen) atoms. The molecule has 0 bridgehead atoms. The first-order chi connectivity index (χ1) is 15.1. The van der Waals surface area contributed by atoms with Crippen molar-refractivity contribution in [2.75, 3.05) is 13.2 Å². The maximum atomic E-state index is 13.5. The molecule has 7 atom stereocenters. The van der Waals surface area contributed by atoms with E-state index in [-0.39, 0.29) is 35.7 Å². The lowest BCUT2D eigenvalue weighted by Crippen LogP contribution is -2.55. The number of ether oxygens (including phenoxy) is 1. The van der Waals surface area contributed by atoms with Gasteiger partial charge in [0.25, 0.3) is 0 Å². The fraction of sp³-hybridized carbons (Fsp3) is 0.840. The molecule has 8 heteroatoms. The van der Waals surface area contributed by atoms with Gasteiger partial charge >= 0.3 is 0 Å². The van der Waals surface area contributed by atoms with Gasteiger partial charge in [0, 0.05) is 18.8 Å². The fourth-order valence-corrected chi connectivity index (χ4v) is 5.51. The average molecular weight is 487 g/mol. The summed E-state index contributed by atoms with van der Waals surface area (Å²) >= 11 is 0. The first-order valence-electron chi connectivity index (χ1n) is 12.0. The lowest BCUT2D eigenvalue weighted by Gasteiger charge is -2.43. The molecule has 0 radical (unpaired) electrons. The molecule has 1 saturated heterocycles. The van der Waals surface area contributed by atoms with E-state index in [1.165, 1.54) is 0 Å². The number of aliphatic hydroxyl groups is 3. The molecule has 1 heterocycles. The Morgan fingerprint density at radius 3 is 2.15 bits per heavy atom. The van der Waals surface area contributed by atoms with Crippen LogP contribution >= 0.6 is 0 Å². The number of hydrogen-bond acceptors (Lipinski definition) is 7. The van der Waals surface area contributed by atoms with Gasteiger partial charge in [-0.05, 0) is 32.0 Å². The Hall–Kier alpha value is -0.903. The minimum Gasteiger partial charge on any atom is -0.410 e. The molecule has 0 saturated carbocycles. The molecule has 0 aliphatic carbocycles. The largest absolute Gasteiger partial charge is 0.410 e. The molecule has 3 N–H and O–H groups in total. The molecule has 1 fully saturated rings. The topological polar surface area (TPSA) is 117 Å². The van der Waals surface area contributed by atoms with Crippen molar-refractivity contribution in [3.8, 4) is 0 Å². The summed E-state index contributed by atoms with van der Waals surface area (Å²) in [7, 11) is -2.39. The lowest BCUT2D eigenvalue weighted by atomic mass is 9.79. The van der Waals surface area contributed by atoms with Crippen molar-refractivity contribution < 1.29 is 34.1 Å². The standard InChI is InChI=1S/C25H46O7Si/c1-10-12-16(3)22-25(7,31-22)23(32-33(8,9)24(4,5)6)19(15-27)21(30)18(14-26)20(29)13-17(28)11-2/h10,12,16,18-20,22-23,26-27,29H,11,13-15H2,1-9H3/b12-10-/t16-,18+,19-,20+,22+,23-,25+/m0/s1. The summed E-state index contributed by atoms with van der Waals surface area (Å²) in [4.78, 5) is 25.4. The molecule has 0 aromatic carbocycles. The minimum atomic E-state index is -2.39. The van der Waals surface area contributed by atoms with Crippen LogP contribution in [-0.2, 0) is 18.8 Å². The molecular formula is C25H46O7Si. The fourth-order valence-electron chi connectivity index (χ4n) is 4.13. The number of Topliss-reactive ketones (excluding diaryl/α,β-unsaturated/α-hetero) is 2. The summed E-state index contributed by atoms with van der Waals surface area (Å²) < 4.78 is 12.8. The zero-order chi connectivity index (χ0) is 25.8. The summed E-state index contributed by atoms with van der Waals surface area (Å²) in [5, 5.41) is 30.7. The first kappa shape index (κ1) is 30.1. The number of ketones is 2. The van der Waals surface area contributed by atoms with Crippen LogP contribution in [0.15, 0.2) is 12.2 Å². The van der Waals surface area contributed by atoms with Gasteiger partial charge in [0.2, 0.25) is 0 Å². The molecular weight excluding hydrogens is 440 g/mol. The van der Waals surface area contributed by atoms with Crippen molar-refractivity contribution in [3.05, 3.63) is 12.2 Å². The highest BCUT2D eigenvalue weighted by Gasteiger charge is 2.64. The second kappa shape index (κ2) is 11.7. The van der Waals surface area contributed by atoms with Gasteiger partial charge in [-0.25, -0.2) is 0 Å². The van der Waals surface area contributed by atoms with Gasteiger partial charge in [0.1, 0.15) is 17.2 Å². The third kappa shape index (κ3) is 7.05. The van der Waals surface area contributed by atoms with E-state index in [0.29, 0.717) is 0 Å². The van der Waals surface area contributed by atoms with Crippen LogP contribution in [0, 0.1) is 17.8 Å². The smallest absolute Gasteiger partial charge is 0.192 e. The summed E-state index contributed by atoms with van der Waals surface area (Å²) in [5.41, 5.74) is -0.804. The number of allylic oxidation sites excluding steroid dienone is 1. The maximum Gasteiger partial charge on any atom is 0.192 e. The number of carbonyl (C=O) groups is 2. The van der Waals surface area contributed by atoms with Crippen LogP contribution in [0.4, 0.5) is 0 Å². The van der Waals surface area contributed by atoms with Gasteiger partial charge in [-0.15, -0.1) is 0 Å². The number of hydrogen-bond donors (Lipinski definition) is 3. The van der Waals surface area contributed by atoms with Crippen LogP contribution in [0.2, 0.25) is 18.1 Å². The SMILES string of the molecule is C/C=C\[C@H](C)[C@H]1O[C@@]1(C)[C@@H](O[Si](C)(C)C(C)(C)C)[C@@H](CO)C(=O)[C@H](CO)[C@H](O)CC(=O)CC. The van der Waals surface area contributed by atoms with Crippen molar-refractivity contribution in [3.63, 3.8) is 0 Å². The van der Waals surface area contributed by atoms with E-state index in [0.717, 1.165) is 0 Å². The number of rotatable bonds is 14. The van der Waals surface area contributed by atoms with Crippen molar-refractivity contribution in [1.29, 1.82) is 0 Å². The van der Waals surface area contributed by atoms with Crippen LogP contribution in [0.5, 0.6) is 0 Å². The molecule has 0 aromatic heterocycles. The highest BCUT2D eigenvalue weighted by Crippen LogP contribution is 2.50. The Bertz CT molecular complexity index is 699. The van der Waals surface area contributed by atoms with Gasteiger partial charge in [0.15, 0.2) is 8.32 Å². The third-order valence-electron chi connectivity index (χ3n) is 7.44. The zero-order valence-corrected chi connectivity index (χ0v) is 22.9. The third-order valence-corrected chi connectivity index (χ3v) is 11.9. The van der Waals surface area contributed by atoms with Crippen LogP contribution < -0.4 is 0 Å². The summed E-state index contributed by atoms with van der Waals surface area (Å²) in [6, 6.07) is 0. The Labute approximate surface area is 200 Å². The molecule has 0 spiro atoms. The van der Waals surface area contributed by atoms with E-state index in [1.54, 1.807) is 6.92 Å². The van der Waals surface area contributed by atoms with E-state index in [1.807, 2.05) is 32.9 Å². The second-order valence-corrected chi connectivity index (χ2v) is 15.8. The summed E-state index contributed by atoms with van der Waals surface area (Å²) in [6.45, 7) is 16.9. The van der Waals surface area contributed by atoms with Gasteiger partial charge in [-0.3, -0.25) is 9.59 Å². The molecule has 1 aliphatic rings. The summed E-state index contributed by atoms with van der Waals surface area (Å²) in [6.07, 6.45) is 1.75. The van der Waals surface area contributed by atoms with Crippen molar-refractivity contribution >= 4 is 19.9 Å². The number of carbonyl (C=O) groups excluding carboxylic acids is 2. The number of aliphatic hydroxyl groups excluding tert-OH is 3. The molecule has 0 amide bonds. The monoisotopic (exact) mass is 486 g/mol. The van der Waals surface area contributed by atoms with Gasteiger partial charge in [-0.1, -0.05) is 46.8 Å². The van der Waals surface area contributed by atoms with E-state index in [2.05, 4.69) is 33.9 Å². The van der Waals surface area contributed by atoms with Gasteiger partial charge in [-0.2, -0.15) is 0 Å². The molecule has 0 aromatic rings. The quantitative estimate of drug-likeness (QED) is 0.196. The predicted molar refractivity (Wildman–Crippen MR) is 131 cm³/mol. The molecule has 1 rings (SSSR count). The van der Waals surface area contributed by atoms with Crippen LogP contribution in [0.3, 0.4) is 0 Å². The summed E-state index contributed by atoms with van der Waals surface area (Å²) in [5.74, 6) is -2.80. The first-order valence-corrected chi connectivity index (χ1v) is 15.0. The second-order valence-electron chi connectivity index (χ2n) is 11.1. The highest BCUT2D eigenvalue weighted by molar-refractivity contribution is 6.74. The van der Waals surface area contributed by atoms with E-state index in [9.17, 15) is 24.9 Å². The van der Waals surface area contributed by atoms with Crippen LogP contribution in [-0.4, -0.2) is 72.3 Å². The Kier molecular flexibility index (Phi) is 10.7. The average Bonchev–Trinajstić information content (AvgIpc) is 3.40. The van der Waals surface area contributed by atoms with Crippen molar-refractivity contribution in [2.24, 2.45) is 17.8 Å². The van der Waals surface area contributed by atoms with E-state index in [4.69, 9.17) is 9.16 Å². The molecule has 7 nitrogen and oxygen atoms in total. The normalized spacial score (nSPS) is 26.0. The van der Waals surface area contributed by atoms with E-state index >= 15 is 0 Å². The minimum absolute atomic E-state index is 0.0846. The van der Waals surface area contributed by atoms with Crippen LogP contribution in [0.1, 0.15) is 61.3 Å². The van der Waals surface area contributed by atoms with E-state index < -0.39 is 57.0 Å². The van der Waals surface area contributed by atoms with Crippen molar-refractivity contribution in [1.82, 2.24) is 0 Å². The predicted octanol–water partition coefficient (Wildman–Crippen LogP) is 3.26. The highest BCUT2D eigenvalue weighted by atomic mass is 28.4. The Morgan fingerprint density at radius 1 is 1.18 bits per heavy atom. The van der Waals surface area contributed by atoms with Gasteiger partial charge < -0.3 is 24.5 Å².